The van der Waals surface area contributed by atoms with Crippen LogP contribution in [0.5, 0.6) is 0 Å². The Kier molecular flexibility index (Phi) is 3.32. The second-order valence-electron chi connectivity index (χ2n) is 5.31. The lowest BCUT2D eigenvalue weighted by atomic mass is 10.2. The van der Waals surface area contributed by atoms with Crippen LogP contribution < -0.4 is 16.1 Å². The molecule has 0 aliphatic heterocycles. The van der Waals surface area contributed by atoms with Crippen molar-refractivity contribution in [3.05, 3.63) is 56.7 Å². The molecule has 0 radical (unpaired) electrons. The molecular formula is C15H17N5O2. The first-order valence-electron chi connectivity index (χ1n) is 6.90. The molecule has 0 unspecified atom stereocenters. The van der Waals surface area contributed by atoms with Gasteiger partial charge < -0.3 is 9.88 Å². The molecule has 3 rings (SSSR count). The minimum atomic E-state index is -0.388. The third kappa shape index (κ3) is 2.20. The van der Waals surface area contributed by atoms with Gasteiger partial charge in [0.05, 0.1) is 0 Å². The van der Waals surface area contributed by atoms with Crippen LogP contribution in [0.4, 0.5) is 5.95 Å². The normalized spacial score (nSPS) is 11.0. The molecule has 3 aromatic rings. The van der Waals surface area contributed by atoms with Crippen molar-refractivity contribution in [2.45, 2.75) is 6.54 Å². The average Bonchev–Trinajstić information content (AvgIpc) is 2.97. The van der Waals surface area contributed by atoms with Crippen molar-refractivity contribution < 1.29 is 0 Å². The van der Waals surface area contributed by atoms with Crippen LogP contribution in [-0.4, -0.2) is 26.1 Å². The van der Waals surface area contributed by atoms with Crippen molar-refractivity contribution in [1.29, 1.82) is 0 Å². The van der Waals surface area contributed by atoms with Crippen molar-refractivity contribution in [3.63, 3.8) is 0 Å². The number of fused-ring (bicyclic) bond motifs is 1. The SMILES string of the molecule is CN(Cc1ccccc1)c1nc2c([nH]1)c(=O)n(C)c(=O)n2C. The van der Waals surface area contributed by atoms with Gasteiger partial charge >= 0.3 is 5.69 Å². The van der Waals surface area contributed by atoms with Crippen molar-refractivity contribution in [3.8, 4) is 0 Å². The number of H-pyrrole nitrogens is 1. The molecule has 0 saturated heterocycles. The highest BCUT2D eigenvalue weighted by Crippen LogP contribution is 2.14. The lowest BCUT2D eigenvalue weighted by Gasteiger charge is -2.15. The Labute approximate surface area is 126 Å². The smallest absolute Gasteiger partial charge is 0.332 e. The summed E-state index contributed by atoms with van der Waals surface area (Å²) in [6.45, 7) is 0.648. The quantitative estimate of drug-likeness (QED) is 0.768. The number of rotatable bonds is 3. The minimum Gasteiger partial charge on any atom is -0.341 e. The van der Waals surface area contributed by atoms with Crippen molar-refractivity contribution in [1.82, 2.24) is 19.1 Å². The highest BCUT2D eigenvalue weighted by atomic mass is 16.2. The number of aromatic nitrogens is 4. The number of nitrogens with one attached hydrogen (secondary N) is 1. The van der Waals surface area contributed by atoms with E-state index in [-0.39, 0.29) is 11.2 Å². The van der Waals surface area contributed by atoms with Crippen LogP contribution in [0.15, 0.2) is 39.9 Å². The Morgan fingerprint density at radius 2 is 1.82 bits per heavy atom. The maximum Gasteiger partial charge on any atom is 0.332 e. The highest BCUT2D eigenvalue weighted by molar-refractivity contribution is 5.72. The van der Waals surface area contributed by atoms with E-state index in [1.54, 1.807) is 7.05 Å². The minimum absolute atomic E-state index is 0.333. The van der Waals surface area contributed by atoms with E-state index in [0.29, 0.717) is 23.7 Å². The maximum atomic E-state index is 12.2. The van der Waals surface area contributed by atoms with E-state index in [4.69, 9.17) is 0 Å². The first-order chi connectivity index (χ1) is 10.5. The van der Waals surface area contributed by atoms with E-state index in [0.717, 1.165) is 10.1 Å². The summed E-state index contributed by atoms with van der Waals surface area (Å²) in [5, 5.41) is 0. The first-order valence-corrected chi connectivity index (χ1v) is 6.90. The van der Waals surface area contributed by atoms with Gasteiger partial charge in [0.15, 0.2) is 11.2 Å². The number of aryl methyl sites for hydroxylation is 1. The zero-order valence-corrected chi connectivity index (χ0v) is 12.7. The van der Waals surface area contributed by atoms with Crippen LogP contribution in [0.3, 0.4) is 0 Å². The molecule has 0 spiro atoms. The van der Waals surface area contributed by atoms with Crippen LogP contribution in [0, 0.1) is 0 Å². The topological polar surface area (TPSA) is 75.9 Å². The molecule has 0 atom stereocenters. The highest BCUT2D eigenvalue weighted by Gasteiger charge is 2.15. The van der Waals surface area contributed by atoms with Gasteiger partial charge in [-0.25, -0.2) is 4.79 Å². The Morgan fingerprint density at radius 1 is 1.14 bits per heavy atom. The molecule has 0 bridgehead atoms. The molecular weight excluding hydrogens is 282 g/mol. The third-order valence-electron chi connectivity index (χ3n) is 3.71. The summed E-state index contributed by atoms with van der Waals surface area (Å²) >= 11 is 0. The van der Waals surface area contributed by atoms with Crippen molar-refractivity contribution >= 4 is 17.1 Å². The van der Waals surface area contributed by atoms with Gasteiger partial charge in [0.25, 0.3) is 5.56 Å². The van der Waals surface area contributed by atoms with E-state index in [1.165, 1.54) is 11.6 Å². The van der Waals surface area contributed by atoms with Gasteiger partial charge in [-0.3, -0.25) is 13.9 Å². The third-order valence-corrected chi connectivity index (χ3v) is 3.71. The van der Waals surface area contributed by atoms with Gasteiger partial charge in [-0.1, -0.05) is 30.3 Å². The Bertz CT molecular complexity index is 936. The molecule has 2 heterocycles. The summed E-state index contributed by atoms with van der Waals surface area (Å²) in [5.41, 5.74) is 1.07. The molecule has 0 saturated carbocycles. The van der Waals surface area contributed by atoms with E-state index in [1.807, 2.05) is 42.3 Å². The number of aromatic amines is 1. The zero-order valence-electron chi connectivity index (χ0n) is 12.7. The summed E-state index contributed by atoms with van der Waals surface area (Å²) in [6.07, 6.45) is 0. The predicted octanol–water partition coefficient (Wildman–Crippen LogP) is 0.597. The molecule has 1 aromatic carbocycles. The number of benzene rings is 1. The van der Waals surface area contributed by atoms with Gasteiger partial charge in [-0.05, 0) is 5.56 Å². The van der Waals surface area contributed by atoms with E-state index < -0.39 is 0 Å². The second-order valence-corrected chi connectivity index (χ2v) is 5.31. The number of imidazole rings is 1. The van der Waals surface area contributed by atoms with E-state index >= 15 is 0 Å². The van der Waals surface area contributed by atoms with E-state index in [9.17, 15) is 9.59 Å². The standard InChI is InChI=1S/C15H17N5O2/c1-18(9-10-7-5-4-6-8-10)14-16-11-12(17-14)19(2)15(22)20(3)13(11)21/h4-8H,9H2,1-3H3,(H,16,17). The van der Waals surface area contributed by atoms with Crippen LogP contribution in [0.25, 0.3) is 11.2 Å². The fraction of sp³-hybridized carbons (Fsp3) is 0.267. The molecule has 22 heavy (non-hydrogen) atoms. The van der Waals surface area contributed by atoms with Crippen LogP contribution in [0.1, 0.15) is 5.56 Å². The van der Waals surface area contributed by atoms with Gasteiger partial charge in [-0.2, -0.15) is 4.98 Å². The number of nitrogens with zero attached hydrogens (tertiary/aromatic N) is 4. The van der Waals surface area contributed by atoms with Gasteiger partial charge in [0, 0.05) is 27.7 Å². The Hall–Kier alpha value is -2.83. The monoisotopic (exact) mass is 299 g/mol. The first kappa shape index (κ1) is 14.1. The summed E-state index contributed by atoms with van der Waals surface area (Å²) in [4.78, 5) is 33.4. The summed E-state index contributed by atoms with van der Waals surface area (Å²) < 4.78 is 2.44. The number of anilines is 1. The molecule has 7 heteroatoms. The second kappa shape index (κ2) is 5.18. The molecule has 0 amide bonds. The van der Waals surface area contributed by atoms with Crippen LogP contribution in [-0.2, 0) is 20.6 Å². The lowest BCUT2D eigenvalue weighted by Crippen LogP contribution is -2.36. The predicted molar refractivity (Wildman–Crippen MR) is 85.1 cm³/mol. The largest absolute Gasteiger partial charge is 0.341 e. The molecule has 114 valence electrons. The van der Waals surface area contributed by atoms with Crippen molar-refractivity contribution in [2.24, 2.45) is 14.1 Å². The number of hydrogen-bond donors (Lipinski definition) is 1. The lowest BCUT2D eigenvalue weighted by molar-refractivity contribution is 0.708. The molecule has 0 fully saturated rings. The fourth-order valence-corrected chi connectivity index (χ4v) is 2.43. The molecule has 7 nitrogen and oxygen atoms in total. The number of hydrogen-bond acceptors (Lipinski definition) is 4. The van der Waals surface area contributed by atoms with Crippen molar-refractivity contribution in [2.75, 3.05) is 11.9 Å². The maximum absolute atomic E-state index is 12.2. The summed E-state index contributed by atoms with van der Waals surface area (Å²) in [5.74, 6) is 0.553. The fourth-order valence-electron chi connectivity index (χ4n) is 2.43. The average molecular weight is 299 g/mol. The van der Waals surface area contributed by atoms with E-state index in [2.05, 4.69) is 9.97 Å². The Morgan fingerprint density at radius 3 is 2.50 bits per heavy atom. The van der Waals surface area contributed by atoms with Gasteiger partial charge in [-0.15, -0.1) is 0 Å². The molecule has 0 aliphatic carbocycles. The van der Waals surface area contributed by atoms with Gasteiger partial charge in [0.1, 0.15) is 0 Å². The van der Waals surface area contributed by atoms with Crippen LogP contribution >= 0.6 is 0 Å². The zero-order chi connectivity index (χ0) is 15.9. The van der Waals surface area contributed by atoms with Crippen LogP contribution in [0.2, 0.25) is 0 Å². The van der Waals surface area contributed by atoms with Gasteiger partial charge in [0.2, 0.25) is 5.95 Å². The molecule has 2 aromatic heterocycles. The summed E-state index contributed by atoms with van der Waals surface area (Å²) in [6, 6.07) is 9.95. The molecule has 0 aliphatic rings. The Balaban J connectivity index is 2.06. The summed E-state index contributed by atoms with van der Waals surface area (Å²) in [7, 11) is 4.94. The molecule has 1 N–H and O–H groups in total.